The zero-order valence-corrected chi connectivity index (χ0v) is 3.98. The summed E-state index contributed by atoms with van der Waals surface area (Å²) >= 11 is 3.56. The lowest BCUT2D eigenvalue weighted by Crippen LogP contribution is -1.79. The smallest absolute Gasteiger partial charge is 0.144 e. The van der Waals surface area contributed by atoms with E-state index in [0.29, 0.717) is 6.29 Å². The molecule has 2 nitrogen and oxygen atoms in total. The zero-order chi connectivity index (χ0) is 4.83. The largest absolute Gasteiger partial charge is 0.339 e. The van der Waals surface area contributed by atoms with Crippen molar-refractivity contribution in [1.29, 1.82) is 0 Å². The van der Waals surface area contributed by atoms with Crippen molar-refractivity contribution in [2.45, 2.75) is 0 Å². The first-order chi connectivity index (χ1) is 2.91. The fourth-order valence-electron chi connectivity index (χ4n) is 0.0823. The molecule has 0 unspecified atom stereocenters. The van der Waals surface area contributed by atoms with Gasteiger partial charge in [0, 0.05) is 6.20 Å². The molecule has 1 N–H and O–H groups in total. The third-order valence-electron chi connectivity index (χ3n) is 0.249. The van der Waals surface area contributed by atoms with Crippen LogP contribution in [0.15, 0.2) is 12.3 Å². The summed E-state index contributed by atoms with van der Waals surface area (Å²) < 4.78 is 2.35. The maximum atomic E-state index is 9.40. The van der Waals surface area contributed by atoms with Crippen LogP contribution in [-0.4, -0.2) is 6.29 Å². The van der Waals surface area contributed by atoms with Crippen molar-refractivity contribution in [1.82, 2.24) is 4.72 Å². The van der Waals surface area contributed by atoms with E-state index in [2.05, 4.69) is 17.5 Å². The molecule has 0 radical (unpaired) electrons. The predicted molar refractivity (Wildman–Crippen MR) is 27.3 cm³/mol. The number of carbonyl (C=O) groups excluding carboxylic acids is 1. The van der Waals surface area contributed by atoms with Gasteiger partial charge in [-0.1, -0.05) is 12.8 Å². The lowest BCUT2D eigenvalue weighted by atomic mass is 10.7. The molecule has 34 valence electrons. The Morgan fingerprint density at radius 3 is 2.50 bits per heavy atom. The highest BCUT2D eigenvalue weighted by Crippen LogP contribution is 1.59. The fraction of sp³-hybridized carbons (Fsp3) is 0. The van der Waals surface area contributed by atoms with Crippen molar-refractivity contribution in [2.24, 2.45) is 0 Å². The molecular weight excluding hydrogens is 98.1 g/mol. The van der Waals surface area contributed by atoms with Gasteiger partial charge in [0.15, 0.2) is 0 Å². The lowest BCUT2D eigenvalue weighted by molar-refractivity contribution is -0.104. The van der Waals surface area contributed by atoms with Gasteiger partial charge < -0.3 is 4.72 Å². The Labute approximate surface area is 41.8 Å². The summed E-state index contributed by atoms with van der Waals surface area (Å²) in [6.07, 6.45) is 3.41. The summed E-state index contributed by atoms with van der Waals surface area (Å²) in [5.41, 5.74) is 0. The van der Waals surface area contributed by atoms with Crippen LogP contribution in [0.25, 0.3) is 0 Å². The highest BCUT2D eigenvalue weighted by Gasteiger charge is 1.55. The molecule has 0 aromatic rings. The molecule has 0 aromatic heterocycles. The normalized spacial score (nSPS) is 8.83. The van der Waals surface area contributed by atoms with E-state index >= 15 is 0 Å². The molecule has 0 aromatic carbocycles. The van der Waals surface area contributed by atoms with Crippen LogP contribution >= 0.6 is 12.8 Å². The van der Waals surface area contributed by atoms with E-state index in [1.54, 1.807) is 0 Å². The van der Waals surface area contributed by atoms with Crippen molar-refractivity contribution in [2.75, 3.05) is 0 Å². The van der Waals surface area contributed by atoms with Gasteiger partial charge in [-0.3, -0.25) is 4.79 Å². The third-order valence-corrected chi connectivity index (χ3v) is 0.398. The highest BCUT2D eigenvalue weighted by atomic mass is 32.1. The van der Waals surface area contributed by atoms with Gasteiger partial charge in [0.2, 0.25) is 0 Å². The van der Waals surface area contributed by atoms with E-state index in [0.717, 1.165) is 0 Å². The molecule has 0 aliphatic heterocycles. The lowest BCUT2D eigenvalue weighted by Gasteiger charge is -1.73. The van der Waals surface area contributed by atoms with E-state index in [-0.39, 0.29) is 0 Å². The van der Waals surface area contributed by atoms with E-state index in [4.69, 9.17) is 0 Å². The van der Waals surface area contributed by atoms with Gasteiger partial charge in [-0.05, 0) is 6.08 Å². The average Bonchev–Trinajstić information content (AvgIpc) is 1.61. The first kappa shape index (κ1) is 5.56. The first-order valence-corrected chi connectivity index (χ1v) is 1.86. The Morgan fingerprint density at radius 1 is 1.67 bits per heavy atom. The van der Waals surface area contributed by atoms with Gasteiger partial charge in [-0.25, -0.2) is 0 Å². The fourth-order valence-corrected chi connectivity index (χ4v) is 0.168. The Morgan fingerprint density at radius 2 is 2.33 bits per heavy atom. The van der Waals surface area contributed by atoms with Gasteiger partial charge in [0.25, 0.3) is 0 Å². The second kappa shape index (κ2) is 4.56. The quantitative estimate of drug-likeness (QED) is 0.295. The topological polar surface area (TPSA) is 29.1 Å². The third kappa shape index (κ3) is 3.56. The summed E-state index contributed by atoms with van der Waals surface area (Å²) in [6.45, 7) is 0. The molecule has 0 fully saturated rings. The van der Waals surface area contributed by atoms with E-state index in [1.165, 1.54) is 12.3 Å². The Bertz CT molecular complexity index is 61.8. The summed E-state index contributed by atoms with van der Waals surface area (Å²) in [6, 6.07) is 0. The minimum Gasteiger partial charge on any atom is -0.339 e. The van der Waals surface area contributed by atoms with Crippen LogP contribution in [0.4, 0.5) is 0 Å². The zero-order valence-electron chi connectivity index (χ0n) is 3.09. The van der Waals surface area contributed by atoms with Gasteiger partial charge in [0.05, 0.1) is 0 Å². The Balaban J connectivity index is 2.94. The number of rotatable bonds is 2. The average molecular weight is 103 g/mol. The first-order valence-electron chi connectivity index (χ1n) is 1.41. The molecule has 0 rings (SSSR count). The molecule has 0 spiro atoms. The van der Waals surface area contributed by atoms with Crippen molar-refractivity contribution in [3.8, 4) is 0 Å². The summed E-state index contributed by atoms with van der Waals surface area (Å²) in [4.78, 5) is 9.40. The summed E-state index contributed by atoms with van der Waals surface area (Å²) in [5.74, 6) is 0. The molecule has 0 aliphatic carbocycles. The van der Waals surface area contributed by atoms with E-state index < -0.39 is 0 Å². The number of carbonyl (C=O) groups is 1. The maximum Gasteiger partial charge on any atom is 0.144 e. The van der Waals surface area contributed by atoms with Gasteiger partial charge in [-0.15, -0.1) is 0 Å². The van der Waals surface area contributed by atoms with Crippen LogP contribution in [0.3, 0.4) is 0 Å². The highest BCUT2D eigenvalue weighted by molar-refractivity contribution is 7.78. The van der Waals surface area contributed by atoms with Crippen LogP contribution in [0.5, 0.6) is 0 Å². The second-order valence-electron chi connectivity index (χ2n) is 0.624. The molecular formula is C3H5NOS. The number of thiol groups is 1. The van der Waals surface area contributed by atoms with Crippen molar-refractivity contribution < 1.29 is 4.79 Å². The minimum absolute atomic E-state index is 0.670. The van der Waals surface area contributed by atoms with Crippen molar-refractivity contribution in [3.63, 3.8) is 0 Å². The molecule has 0 bridgehead atoms. The van der Waals surface area contributed by atoms with Crippen LogP contribution in [0.2, 0.25) is 0 Å². The molecule has 3 heteroatoms. The monoisotopic (exact) mass is 103 g/mol. The Hall–Kier alpha value is -0.440. The maximum absolute atomic E-state index is 9.40. The van der Waals surface area contributed by atoms with E-state index in [9.17, 15) is 4.79 Å². The number of hydrogen-bond donors (Lipinski definition) is 2. The Kier molecular flexibility index (Phi) is 4.23. The van der Waals surface area contributed by atoms with E-state index in [1.807, 2.05) is 0 Å². The standard InChI is InChI=1S/C3H5NOS/c5-3-1-2-4-6/h1-4,6H/b2-1+. The number of nitrogens with one attached hydrogen (secondary N) is 1. The van der Waals surface area contributed by atoms with Gasteiger partial charge >= 0.3 is 0 Å². The van der Waals surface area contributed by atoms with Gasteiger partial charge in [-0.2, -0.15) is 0 Å². The SMILES string of the molecule is O=C/C=C/NS. The molecule has 0 heterocycles. The van der Waals surface area contributed by atoms with Crippen molar-refractivity contribution >= 4 is 19.1 Å². The van der Waals surface area contributed by atoms with Crippen LogP contribution in [0, 0.1) is 0 Å². The molecule has 0 atom stereocenters. The number of allylic oxidation sites excluding steroid dienone is 1. The predicted octanol–water partition coefficient (Wildman–Crippen LogP) is 0.133. The summed E-state index contributed by atoms with van der Waals surface area (Å²) in [7, 11) is 0. The van der Waals surface area contributed by atoms with Crippen LogP contribution < -0.4 is 4.72 Å². The molecule has 0 saturated heterocycles. The minimum atomic E-state index is 0.670. The molecule has 6 heavy (non-hydrogen) atoms. The van der Waals surface area contributed by atoms with Crippen LogP contribution in [-0.2, 0) is 4.79 Å². The van der Waals surface area contributed by atoms with Gasteiger partial charge in [0.1, 0.15) is 6.29 Å². The molecule has 0 saturated carbocycles. The summed E-state index contributed by atoms with van der Waals surface area (Å²) in [5, 5.41) is 0. The van der Waals surface area contributed by atoms with Crippen LogP contribution in [0.1, 0.15) is 0 Å². The van der Waals surface area contributed by atoms with Crippen molar-refractivity contribution in [3.05, 3.63) is 12.3 Å². The molecule has 0 amide bonds. The number of aldehydes is 1. The second-order valence-corrected chi connectivity index (χ2v) is 0.882. The molecule has 0 aliphatic rings. The number of hydrogen-bond acceptors (Lipinski definition) is 3.